The maximum atomic E-state index is 13.1. The molecule has 8 nitrogen and oxygen atoms in total. The van der Waals surface area contributed by atoms with Gasteiger partial charge in [0.15, 0.2) is 0 Å². The number of carbonyl (C=O) groups excluding carboxylic acids is 1. The third kappa shape index (κ3) is 5.28. The van der Waals surface area contributed by atoms with Crippen molar-refractivity contribution < 1.29 is 9.72 Å². The van der Waals surface area contributed by atoms with Crippen LogP contribution in [-0.2, 0) is 13.1 Å². The second-order valence-corrected chi connectivity index (χ2v) is 8.54. The molecule has 1 aliphatic heterocycles. The van der Waals surface area contributed by atoms with E-state index in [1.165, 1.54) is 5.56 Å². The molecule has 8 heteroatoms. The van der Waals surface area contributed by atoms with Crippen molar-refractivity contribution in [3.05, 3.63) is 92.8 Å². The zero-order chi connectivity index (χ0) is 23.4. The summed E-state index contributed by atoms with van der Waals surface area (Å²) in [6.45, 7) is 7.98. The Kier molecular flexibility index (Phi) is 6.84. The van der Waals surface area contributed by atoms with Crippen LogP contribution in [0.5, 0.6) is 0 Å². The van der Waals surface area contributed by atoms with E-state index in [0.717, 1.165) is 38.2 Å². The molecule has 0 N–H and O–H groups in total. The molecule has 1 saturated heterocycles. The van der Waals surface area contributed by atoms with Crippen LogP contribution in [0.15, 0.2) is 54.6 Å². The number of rotatable bonds is 6. The first kappa shape index (κ1) is 22.7. The second-order valence-electron chi connectivity index (χ2n) is 8.54. The molecule has 2 aromatic carbocycles. The highest BCUT2D eigenvalue weighted by Crippen LogP contribution is 2.22. The first-order chi connectivity index (χ1) is 15.9. The van der Waals surface area contributed by atoms with E-state index in [1.54, 1.807) is 18.5 Å². The highest BCUT2D eigenvalue weighted by Gasteiger charge is 2.23. The number of aromatic nitrogens is 2. The van der Waals surface area contributed by atoms with E-state index in [9.17, 15) is 14.9 Å². The van der Waals surface area contributed by atoms with Gasteiger partial charge in [-0.3, -0.25) is 24.5 Å². The van der Waals surface area contributed by atoms with Gasteiger partial charge in [0.1, 0.15) is 11.4 Å². The van der Waals surface area contributed by atoms with Crippen molar-refractivity contribution >= 4 is 11.6 Å². The van der Waals surface area contributed by atoms with Gasteiger partial charge in [-0.25, -0.2) is 0 Å². The number of aryl methyl sites for hydroxylation is 1. The molecule has 4 rings (SSSR count). The summed E-state index contributed by atoms with van der Waals surface area (Å²) in [5.74, 6) is 0.0462. The molecule has 0 bridgehead atoms. The lowest BCUT2D eigenvalue weighted by Gasteiger charge is -2.22. The summed E-state index contributed by atoms with van der Waals surface area (Å²) in [6.07, 6.45) is 0.952. The van der Waals surface area contributed by atoms with Crippen LogP contribution in [0.1, 0.15) is 39.3 Å². The van der Waals surface area contributed by atoms with Gasteiger partial charge in [0, 0.05) is 38.3 Å². The van der Waals surface area contributed by atoms with Crippen molar-refractivity contribution in [1.29, 1.82) is 0 Å². The quantitative estimate of drug-likeness (QED) is 0.424. The van der Waals surface area contributed by atoms with Crippen LogP contribution in [0.2, 0.25) is 0 Å². The average Bonchev–Trinajstić information content (AvgIpc) is 2.95. The second kappa shape index (κ2) is 9.95. The lowest BCUT2D eigenvalue weighted by atomic mass is 10.1. The normalized spacial score (nSPS) is 14.8. The lowest BCUT2D eigenvalue weighted by molar-refractivity contribution is -0.386. The van der Waals surface area contributed by atoms with E-state index in [-0.39, 0.29) is 11.6 Å². The van der Waals surface area contributed by atoms with Gasteiger partial charge in [-0.05, 0) is 43.5 Å². The fraction of sp³-hybridized carbons (Fsp3) is 0.360. The van der Waals surface area contributed by atoms with E-state index < -0.39 is 4.92 Å². The van der Waals surface area contributed by atoms with Crippen LogP contribution in [0.25, 0.3) is 0 Å². The number of nitro groups is 1. The highest BCUT2D eigenvalue weighted by atomic mass is 16.6. The summed E-state index contributed by atoms with van der Waals surface area (Å²) in [5, 5.41) is 15.5. The molecule has 0 spiro atoms. The third-order valence-corrected chi connectivity index (χ3v) is 6.18. The highest BCUT2D eigenvalue weighted by molar-refractivity contribution is 5.94. The molecule has 0 aliphatic carbocycles. The maximum Gasteiger partial charge on any atom is 0.312 e. The van der Waals surface area contributed by atoms with Gasteiger partial charge in [-0.15, -0.1) is 0 Å². The Morgan fingerprint density at radius 3 is 2.30 bits per heavy atom. The van der Waals surface area contributed by atoms with E-state index in [0.29, 0.717) is 30.0 Å². The molecular formula is C25H29N5O3. The molecule has 1 aromatic heterocycles. The molecule has 3 aromatic rings. The molecule has 2 heterocycles. The van der Waals surface area contributed by atoms with Crippen molar-refractivity contribution in [2.75, 3.05) is 26.2 Å². The zero-order valence-electron chi connectivity index (χ0n) is 19.1. The SMILES string of the molecule is Cc1nn(Cc2ccc(C(=O)N3CCCN(Cc4ccccc4)CC3)cc2)c(C)c1[N+](=O)[O-]. The minimum absolute atomic E-state index is 0.0462. The first-order valence-corrected chi connectivity index (χ1v) is 11.3. The van der Waals surface area contributed by atoms with Crippen LogP contribution in [0.4, 0.5) is 5.69 Å². The van der Waals surface area contributed by atoms with E-state index in [2.05, 4.69) is 34.3 Å². The van der Waals surface area contributed by atoms with Gasteiger partial charge in [0.05, 0.1) is 11.5 Å². The smallest absolute Gasteiger partial charge is 0.312 e. The zero-order valence-corrected chi connectivity index (χ0v) is 19.1. The van der Waals surface area contributed by atoms with Gasteiger partial charge in [0.25, 0.3) is 5.91 Å². The number of nitrogens with zero attached hydrogens (tertiary/aromatic N) is 5. The Balaban J connectivity index is 1.37. The fourth-order valence-electron chi connectivity index (χ4n) is 4.39. The third-order valence-electron chi connectivity index (χ3n) is 6.18. The van der Waals surface area contributed by atoms with Crippen molar-refractivity contribution in [2.45, 2.75) is 33.4 Å². The summed E-state index contributed by atoms with van der Waals surface area (Å²) in [4.78, 5) is 28.2. The molecule has 1 amide bonds. The van der Waals surface area contributed by atoms with Crippen LogP contribution in [-0.4, -0.2) is 56.6 Å². The monoisotopic (exact) mass is 447 g/mol. The Labute approximate surface area is 193 Å². The number of benzene rings is 2. The molecule has 0 atom stereocenters. The molecular weight excluding hydrogens is 418 g/mol. The van der Waals surface area contributed by atoms with Crippen LogP contribution in [0, 0.1) is 24.0 Å². The van der Waals surface area contributed by atoms with Gasteiger partial charge < -0.3 is 4.90 Å². The molecule has 0 saturated carbocycles. The predicted molar refractivity (Wildman–Crippen MR) is 126 cm³/mol. The van der Waals surface area contributed by atoms with Gasteiger partial charge in [0.2, 0.25) is 0 Å². The average molecular weight is 448 g/mol. The summed E-state index contributed by atoms with van der Waals surface area (Å²) in [6, 6.07) is 17.9. The minimum atomic E-state index is -0.391. The summed E-state index contributed by atoms with van der Waals surface area (Å²) >= 11 is 0. The number of hydrogen-bond donors (Lipinski definition) is 0. The minimum Gasteiger partial charge on any atom is -0.337 e. The Hall–Kier alpha value is -3.52. The Morgan fingerprint density at radius 1 is 0.939 bits per heavy atom. The molecule has 0 radical (unpaired) electrons. The molecule has 1 fully saturated rings. The number of hydrogen-bond acceptors (Lipinski definition) is 5. The van der Waals surface area contributed by atoms with Crippen molar-refractivity contribution in [3.63, 3.8) is 0 Å². The standard InChI is InChI=1S/C25H29N5O3/c1-19-24(30(32)33)20(2)29(26-19)18-22-9-11-23(12-10-22)25(31)28-14-6-13-27(15-16-28)17-21-7-4-3-5-8-21/h3-5,7-12H,6,13-18H2,1-2H3. The van der Waals surface area contributed by atoms with Crippen molar-refractivity contribution in [1.82, 2.24) is 19.6 Å². The Bertz CT molecular complexity index is 1120. The van der Waals surface area contributed by atoms with Crippen molar-refractivity contribution in [2.24, 2.45) is 0 Å². The van der Waals surface area contributed by atoms with E-state index in [4.69, 9.17) is 0 Å². The molecule has 0 unspecified atom stereocenters. The predicted octanol–water partition coefficient (Wildman–Crippen LogP) is 3.80. The van der Waals surface area contributed by atoms with Crippen LogP contribution >= 0.6 is 0 Å². The fourth-order valence-corrected chi connectivity index (χ4v) is 4.39. The first-order valence-electron chi connectivity index (χ1n) is 11.3. The summed E-state index contributed by atoms with van der Waals surface area (Å²) in [7, 11) is 0. The number of amides is 1. The summed E-state index contributed by atoms with van der Waals surface area (Å²) in [5.41, 5.74) is 3.89. The van der Waals surface area contributed by atoms with E-state index >= 15 is 0 Å². The van der Waals surface area contributed by atoms with Crippen LogP contribution in [0.3, 0.4) is 0 Å². The summed E-state index contributed by atoms with van der Waals surface area (Å²) < 4.78 is 1.64. The largest absolute Gasteiger partial charge is 0.337 e. The van der Waals surface area contributed by atoms with E-state index in [1.807, 2.05) is 35.2 Å². The lowest BCUT2D eigenvalue weighted by Crippen LogP contribution is -2.35. The molecule has 172 valence electrons. The topological polar surface area (TPSA) is 84.5 Å². The van der Waals surface area contributed by atoms with Gasteiger partial charge in [-0.1, -0.05) is 42.5 Å². The molecule has 1 aliphatic rings. The van der Waals surface area contributed by atoms with Crippen LogP contribution < -0.4 is 0 Å². The van der Waals surface area contributed by atoms with Gasteiger partial charge >= 0.3 is 5.69 Å². The molecule has 33 heavy (non-hydrogen) atoms. The number of carbonyl (C=O) groups is 1. The Morgan fingerprint density at radius 2 is 1.64 bits per heavy atom. The van der Waals surface area contributed by atoms with Crippen molar-refractivity contribution in [3.8, 4) is 0 Å². The van der Waals surface area contributed by atoms with Gasteiger partial charge in [-0.2, -0.15) is 5.10 Å². The maximum absolute atomic E-state index is 13.1.